The Labute approximate surface area is 118 Å². The second-order valence-electron chi connectivity index (χ2n) is 5.49. The summed E-state index contributed by atoms with van der Waals surface area (Å²) in [4.78, 5) is 2.55. The molecule has 1 N–H and O–H groups in total. The second-order valence-corrected chi connectivity index (χ2v) is 6.31. The number of halogens is 2. The minimum absolute atomic E-state index is 0.566. The van der Waals surface area contributed by atoms with Gasteiger partial charge in [-0.05, 0) is 50.9 Å². The summed E-state index contributed by atoms with van der Waals surface area (Å²) in [5.74, 6) is 0. The number of rotatable bonds is 2. The van der Waals surface area contributed by atoms with E-state index in [2.05, 4.69) is 17.3 Å². The molecule has 2 saturated heterocycles. The molecule has 2 aliphatic heterocycles. The number of hydrogen-bond donors (Lipinski definition) is 1. The molecule has 0 amide bonds. The predicted octanol–water partition coefficient (Wildman–Crippen LogP) is 4.03. The minimum atomic E-state index is 0.566. The van der Waals surface area contributed by atoms with Crippen LogP contribution in [0.3, 0.4) is 0 Å². The molecule has 1 aromatic carbocycles. The molecular formula is C14H18Cl2N2. The van der Waals surface area contributed by atoms with Crippen LogP contribution in [0.15, 0.2) is 18.2 Å². The lowest BCUT2D eigenvalue weighted by atomic mass is 9.98. The van der Waals surface area contributed by atoms with Crippen LogP contribution >= 0.6 is 23.2 Å². The van der Waals surface area contributed by atoms with Gasteiger partial charge in [-0.1, -0.05) is 23.2 Å². The molecule has 1 aromatic rings. The maximum atomic E-state index is 6.04. The number of nitrogens with one attached hydrogen (secondary N) is 1. The summed E-state index contributed by atoms with van der Waals surface area (Å²) in [6.07, 6.45) is 5.15. The standard InChI is InChI=1S/C14H18Cl2N2/c1-18-11-3-4-12(18)7-10(6-11)17-9-2-5-13(15)14(16)8-9/h2,5,8,10-12,17H,3-4,6-7H2,1H3. The van der Waals surface area contributed by atoms with Gasteiger partial charge in [-0.15, -0.1) is 0 Å². The molecular weight excluding hydrogens is 267 g/mol. The van der Waals surface area contributed by atoms with Gasteiger partial charge in [0.15, 0.2) is 0 Å². The molecule has 4 heteroatoms. The first kappa shape index (κ1) is 12.6. The Bertz CT molecular complexity index is 435. The van der Waals surface area contributed by atoms with Crippen LogP contribution in [-0.2, 0) is 0 Å². The molecule has 2 fully saturated rings. The lowest BCUT2D eigenvalue weighted by Gasteiger charge is -2.37. The average Bonchev–Trinajstić information content (AvgIpc) is 2.58. The van der Waals surface area contributed by atoms with Crippen LogP contribution in [0, 0.1) is 0 Å². The maximum absolute atomic E-state index is 6.04. The van der Waals surface area contributed by atoms with E-state index in [-0.39, 0.29) is 0 Å². The molecule has 3 rings (SSSR count). The fourth-order valence-corrected chi connectivity index (χ4v) is 3.65. The number of anilines is 1. The normalized spacial score (nSPS) is 31.6. The van der Waals surface area contributed by atoms with Gasteiger partial charge in [0.05, 0.1) is 10.0 Å². The molecule has 2 bridgehead atoms. The highest BCUT2D eigenvalue weighted by molar-refractivity contribution is 6.42. The van der Waals surface area contributed by atoms with E-state index in [0.29, 0.717) is 16.1 Å². The predicted molar refractivity (Wildman–Crippen MR) is 77.7 cm³/mol. The molecule has 2 heterocycles. The summed E-state index contributed by atoms with van der Waals surface area (Å²) in [6, 6.07) is 7.86. The van der Waals surface area contributed by atoms with Crippen LogP contribution in [0.2, 0.25) is 10.0 Å². The van der Waals surface area contributed by atoms with Gasteiger partial charge in [0, 0.05) is 23.8 Å². The van der Waals surface area contributed by atoms with Crippen molar-refractivity contribution in [1.82, 2.24) is 4.90 Å². The van der Waals surface area contributed by atoms with Crippen LogP contribution in [0.25, 0.3) is 0 Å². The van der Waals surface area contributed by atoms with E-state index in [1.807, 2.05) is 18.2 Å². The molecule has 18 heavy (non-hydrogen) atoms. The summed E-state index contributed by atoms with van der Waals surface area (Å²) in [5.41, 5.74) is 1.08. The third-order valence-electron chi connectivity index (χ3n) is 4.39. The Morgan fingerprint density at radius 3 is 2.39 bits per heavy atom. The van der Waals surface area contributed by atoms with Crippen molar-refractivity contribution in [2.75, 3.05) is 12.4 Å². The van der Waals surface area contributed by atoms with Gasteiger partial charge in [0.1, 0.15) is 0 Å². The zero-order valence-electron chi connectivity index (χ0n) is 10.5. The quantitative estimate of drug-likeness (QED) is 0.882. The van der Waals surface area contributed by atoms with Crippen molar-refractivity contribution in [3.05, 3.63) is 28.2 Å². The lowest BCUT2D eigenvalue weighted by molar-refractivity contribution is 0.169. The van der Waals surface area contributed by atoms with E-state index >= 15 is 0 Å². The molecule has 0 saturated carbocycles. The van der Waals surface area contributed by atoms with Gasteiger partial charge in [-0.3, -0.25) is 0 Å². The minimum Gasteiger partial charge on any atom is -0.382 e. The number of fused-ring (bicyclic) bond motifs is 2. The molecule has 2 aliphatic rings. The molecule has 2 nitrogen and oxygen atoms in total. The molecule has 0 aromatic heterocycles. The first-order valence-corrected chi connectivity index (χ1v) is 7.32. The van der Waals surface area contributed by atoms with E-state index in [4.69, 9.17) is 23.2 Å². The highest BCUT2D eigenvalue weighted by Gasteiger charge is 2.38. The van der Waals surface area contributed by atoms with Gasteiger partial charge in [0.25, 0.3) is 0 Å². The number of hydrogen-bond acceptors (Lipinski definition) is 2. The molecule has 0 aliphatic carbocycles. The van der Waals surface area contributed by atoms with E-state index in [0.717, 1.165) is 17.8 Å². The highest BCUT2D eigenvalue weighted by atomic mass is 35.5. The van der Waals surface area contributed by atoms with E-state index in [1.54, 1.807) is 0 Å². The maximum Gasteiger partial charge on any atom is 0.0612 e. The Morgan fingerprint density at radius 1 is 1.11 bits per heavy atom. The fraction of sp³-hybridized carbons (Fsp3) is 0.571. The van der Waals surface area contributed by atoms with Gasteiger partial charge in [0.2, 0.25) is 0 Å². The average molecular weight is 285 g/mol. The SMILES string of the molecule is CN1C2CCC1CC(Nc1ccc(Cl)c(Cl)c1)C2. The third-order valence-corrected chi connectivity index (χ3v) is 5.13. The van der Waals surface area contributed by atoms with Crippen molar-refractivity contribution in [2.45, 2.75) is 43.8 Å². The first-order chi connectivity index (χ1) is 8.63. The van der Waals surface area contributed by atoms with Crippen molar-refractivity contribution in [2.24, 2.45) is 0 Å². The summed E-state index contributed by atoms with van der Waals surface area (Å²) < 4.78 is 0. The zero-order chi connectivity index (χ0) is 12.7. The summed E-state index contributed by atoms with van der Waals surface area (Å²) in [7, 11) is 2.26. The summed E-state index contributed by atoms with van der Waals surface area (Å²) in [6.45, 7) is 0. The lowest BCUT2D eigenvalue weighted by Crippen LogP contribution is -2.44. The fourth-order valence-electron chi connectivity index (χ4n) is 3.35. The van der Waals surface area contributed by atoms with Crippen LogP contribution in [0.5, 0.6) is 0 Å². The topological polar surface area (TPSA) is 15.3 Å². The third kappa shape index (κ3) is 2.34. The Hall–Kier alpha value is -0.440. The van der Waals surface area contributed by atoms with Crippen molar-refractivity contribution in [3.63, 3.8) is 0 Å². The number of benzene rings is 1. The smallest absolute Gasteiger partial charge is 0.0612 e. The molecule has 0 spiro atoms. The molecule has 2 unspecified atom stereocenters. The Kier molecular flexibility index (Phi) is 3.44. The van der Waals surface area contributed by atoms with Crippen LogP contribution in [-0.4, -0.2) is 30.1 Å². The highest BCUT2D eigenvalue weighted by Crippen LogP contribution is 2.36. The summed E-state index contributed by atoms with van der Waals surface area (Å²) in [5, 5.41) is 4.84. The van der Waals surface area contributed by atoms with E-state index in [9.17, 15) is 0 Å². The zero-order valence-corrected chi connectivity index (χ0v) is 12.0. The van der Waals surface area contributed by atoms with Crippen molar-refractivity contribution in [1.29, 1.82) is 0 Å². The summed E-state index contributed by atoms with van der Waals surface area (Å²) >= 11 is 12.0. The second kappa shape index (κ2) is 4.92. The molecule has 0 radical (unpaired) electrons. The van der Waals surface area contributed by atoms with Crippen LogP contribution in [0.4, 0.5) is 5.69 Å². The number of piperidine rings is 1. The number of nitrogens with zero attached hydrogens (tertiary/aromatic N) is 1. The Morgan fingerprint density at radius 2 is 1.78 bits per heavy atom. The van der Waals surface area contributed by atoms with Crippen molar-refractivity contribution in [3.8, 4) is 0 Å². The molecule has 98 valence electrons. The van der Waals surface area contributed by atoms with Crippen molar-refractivity contribution < 1.29 is 0 Å². The van der Waals surface area contributed by atoms with Gasteiger partial charge in [-0.25, -0.2) is 0 Å². The first-order valence-electron chi connectivity index (χ1n) is 6.57. The van der Waals surface area contributed by atoms with E-state index in [1.165, 1.54) is 25.7 Å². The van der Waals surface area contributed by atoms with Crippen molar-refractivity contribution >= 4 is 28.9 Å². The van der Waals surface area contributed by atoms with Gasteiger partial charge in [-0.2, -0.15) is 0 Å². The Balaban J connectivity index is 1.68. The van der Waals surface area contributed by atoms with Crippen LogP contribution in [0.1, 0.15) is 25.7 Å². The van der Waals surface area contributed by atoms with Gasteiger partial charge >= 0.3 is 0 Å². The van der Waals surface area contributed by atoms with Crippen LogP contribution < -0.4 is 5.32 Å². The largest absolute Gasteiger partial charge is 0.382 e. The monoisotopic (exact) mass is 284 g/mol. The molecule has 2 atom stereocenters. The van der Waals surface area contributed by atoms with E-state index < -0.39 is 0 Å². The van der Waals surface area contributed by atoms with Gasteiger partial charge < -0.3 is 10.2 Å².